The Labute approximate surface area is 98.3 Å². The lowest BCUT2D eigenvalue weighted by atomic mass is 9.97. The second-order valence-electron chi connectivity index (χ2n) is 3.71. The Kier molecular flexibility index (Phi) is 7.09. The molecule has 7 heteroatoms. The third-order valence-electron chi connectivity index (χ3n) is 2.28. The minimum atomic E-state index is -2.11. The van der Waals surface area contributed by atoms with Gasteiger partial charge in [-0.15, -0.1) is 0 Å². The van der Waals surface area contributed by atoms with E-state index >= 15 is 0 Å². The Morgan fingerprint density at radius 3 is 2.00 bits per heavy atom. The molecule has 0 saturated carbocycles. The zero-order valence-corrected chi connectivity index (χ0v) is 9.48. The van der Waals surface area contributed by atoms with E-state index in [0.717, 1.165) is 0 Å². The lowest BCUT2D eigenvalue weighted by Crippen LogP contribution is -2.50. The van der Waals surface area contributed by atoms with Gasteiger partial charge in [-0.05, 0) is 6.42 Å². The van der Waals surface area contributed by atoms with Crippen molar-refractivity contribution in [3.05, 3.63) is 0 Å². The molecule has 17 heavy (non-hydrogen) atoms. The van der Waals surface area contributed by atoms with Gasteiger partial charge in [-0.1, -0.05) is 6.92 Å². The predicted octanol–water partition coefficient (Wildman–Crippen LogP) is -2.64. The van der Waals surface area contributed by atoms with Gasteiger partial charge in [-0.3, -0.25) is 9.59 Å². The molecule has 0 aromatic rings. The van der Waals surface area contributed by atoms with Gasteiger partial charge in [0.1, 0.15) is 24.4 Å². The molecule has 0 rings (SSSR count). The molecular weight excluding hydrogens is 232 g/mol. The van der Waals surface area contributed by atoms with Crippen molar-refractivity contribution < 1.29 is 35.1 Å². The van der Waals surface area contributed by atoms with Crippen molar-refractivity contribution in [1.82, 2.24) is 0 Å². The summed E-state index contributed by atoms with van der Waals surface area (Å²) in [7, 11) is 0. The summed E-state index contributed by atoms with van der Waals surface area (Å²) >= 11 is 0. The first-order valence-electron chi connectivity index (χ1n) is 5.26. The molecule has 0 spiro atoms. The number of hydrogen-bond acceptors (Lipinski definition) is 7. The SMILES string of the molecule is CCCC(=O)C(=O)C(O)C(O)C(O)C(O)CO. The first-order valence-corrected chi connectivity index (χ1v) is 5.26. The number of rotatable bonds is 8. The van der Waals surface area contributed by atoms with Crippen molar-refractivity contribution >= 4 is 11.6 Å². The highest BCUT2D eigenvalue weighted by Crippen LogP contribution is 2.07. The standard InChI is InChI=1S/C10H18O7/c1-2-3-5(12)7(14)9(16)10(17)8(15)6(13)4-11/h6,8-11,13,15-17H,2-4H2,1H3. The topological polar surface area (TPSA) is 135 Å². The number of carbonyl (C=O) groups excluding carboxylic acids is 2. The van der Waals surface area contributed by atoms with E-state index in [1.165, 1.54) is 0 Å². The number of hydrogen-bond donors (Lipinski definition) is 5. The molecule has 0 heterocycles. The Balaban J connectivity index is 4.53. The van der Waals surface area contributed by atoms with Gasteiger partial charge >= 0.3 is 0 Å². The molecular formula is C10H18O7. The zero-order valence-electron chi connectivity index (χ0n) is 9.48. The average Bonchev–Trinajstić information content (AvgIpc) is 2.34. The van der Waals surface area contributed by atoms with E-state index in [-0.39, 0.29) is 6.42 Å². The molecule has 7 nitrogen and oxygen atoms in total. The van der Waals surface area contributed by atoms with Crippen LogP contribution in [0.1, 0.15) is 19.8 Å². The zero-order chi connectivity index (χ0) is 13.6. The van der Waals surface area contributed by atoms with E-state index < -0.39 is 42.6 Å². The number of aliphatic hydroxyl groups excluding tert-OH is 5. The molecule has 0 amide bonds. The highest BCUT2D eigenvalue weighted by molar-refractivity contribution is 6.38. The van der Waals surface area contributed by atoms with Crippen molar-refractivity contribution in [2.75, 3.05) is 6.61 Å². The quantitative estimate of drug-likeness (QED) is 0.297. The van der Waals surface area contributed by atoms with Gasteiger partial charge in [0.2, 0.25) is 11.6 Å². The summed E-state index contributed by atoms with van der Waals surface area (Å²) in [5.41, 5.74) is 0. The molecule has 0 radical (unpaired) electrons. The van der Waals surface area contributed by atoms with Crippen LogP contribution in [0.25, 0.3) is 0 Å². The smallest absolute Gasteiger partial charge is 0.229 e. The molecule has 4 atom stereocenters. The average molecular weight is 250 g/mol. The highest BCUT2D eigenvalue weighted by Gasteiger charge is 2.36. The molecule has 0 fully saturated rings. The molecule has 0 aliphatic rings. The molecule has 5 N–H and O–H groups in total. The fourth-order valence-corrected chi connectivity index (χ4v) is 1.19. The maximum Gasteiger partial charge on any atom is 0.229 e. The number of carbonyl (C=O) groups is 2. The maximum atomic E-state index is 11.3. The summed E-state index contributed by atoms with van der Waals surface area (Å²) < 4.78 is 0. The molecule has 100 valence electrons. The summed E-state index contributed by atoms with van der Waals surface area (Å²) in [6.07, 6.45) is -7.39. The van der Waals surface area contributed by atoms with E-state index in [1.807, 2.05) is 0 Å². The van der Waals surface area contributed by atoms with Gasteiger partial charge in [0, 0.05) is 6.42 Å². The lowest BCUT2D eigenvalue weighted by Gasteiger charge is -2.24. The fraction of sp³-hybridized carbons (Fsp3) is 0.800. The molecule has 0 bridgehead atoms. The van der Waals surface area contributed by atoms with Crippen LogP contribution in [-0.4, -0.2) is 68.1 Å². The van der Waals surface area contributed by atoms with E-state index in [0.29, 0.717) is 6.42 Å². The number of aliphatic hydroxyl groups is 5. The van der Waals surface area contributed by atoms with E-state index in [2.05, 4.69) is 0 Å². The van der Waals surface area contributed by atoms with Crippen LogP contribution >= 0.6 is 0 Å². The minimum absolute atomic E-state index is 0.0682. The maximum absolute atomic E-state index is 11.3. The summed E-state index contributed by atoms with van der Waals surface area (Å²) in [4.78, 5) is 22.4. The summed E-state index contributed by atoms with van der Waals surface area (Å²) in [5, 5.41) is 45.4. The van der Waals surface area contributed by atoms with Crippen LogP contribution < -0.4 is 0 Å². The second kappa shape index (κ2) is 7.46. The number of Topliss-reactive ketones (excluding diaryl/α,β-unsaturated/α-hetero) is 2. The lowest BCUT2D eigenvalue weighted by molar-refractivity contribution is -0.154. The Bertz CT molecular complexity index is 265. The van der Waals surface area contributed by atoms with Gasteiger partial charge in [0.05, 0.1) is 6.61 Å². The first kappa shape index (κ1) is 16.1. The van der Waals surface area contributed by atoms with Crippen LogP contribution in [-0.2, 0) is 9.59 Å². The fourth-order valence-electron chi connectivity index (χ4n) is 1.19. The van der Waals surface area contributed by atoms with Gasteiger partial charge in [0.15, 0.2) is 0 Å². The molecule has 0 aliphatic carbocycles. The Morgan fingerprint density at radius 1 is 1.06 bits per heavy atom. The van der Waals surface area contributed by atoms with Crippen molar-refractivity contribution in [2.45, 2.75) is 44.2 Å². The van der Waals surface area contributed by atoms with Crippen LogP contribution in [0.2, 0.25) is 0 Å². The largest absolute Gasteiger partial charge is 0.394 e. The monoisotopic (exact) mass is 250 g/mol. The van der Waals surface area contributed by atoms with Crippen LogP contribution in [0.5, 0.6) is 0 Å². The highest BCUT2D eigenvalue weighted by atomic mass is 16.4. The van der Waals surface area contributed by atoms with Crippen molar-refractivity contribution in [3.8, 4) is 0 Å². The predicted molar refractivity (Wildman–Crippen MR) is 56.0 cm³/mol. The van der Waals surface area contributed by atoms with Crippen molar-refractivity contribution in [3.63, 3.8) is 0 Å². The van der Waals surface area contributed by atoms with E-state index in [4.69, 9.17) is 10.2 Å². The van der Waals surface area contributed by atoms with Crippen molar-refractivity contribution in [2.24, 2.45) is 0 Å². The summed E-state index contributed by atoms with van der Waals surface area (Å²) in [5.74, 6) is -2.08. The van der Waals surface area contributed by atoms with Crippen LogP contribution in [0.4, 0.5) is 0 Å². The van der Waals surface area contributed by atoms with Gasteiger partial charge in [-0.25, -0.2) is 0 Å². The Morgan fingerprint density at radius 2 is 1.59 bits per heavy atom. The molecule has 0 saturated heterocycles. The summed E-state index contributed by atoms with van der Waals surface area (Å²) in [6, 6.07) is 0. The third kappa shape index (κ3) is 4.49. The van der Waals surface area contributed by atoms with Crippen LogP contribution in [0.3, 0.4) is 0 Å². The minimum Gasteiger partial charge on any atom is -0.394 e. The van der Waals surface area contributed by atoms with Crippen molar-refractivity contribution in [1.29, 1.82) is 0 Å². The van der Waals surface area contributed by atoms with E-state index in [9.17, 15) is 24.9 Å². The first-order chi connectivity index (χ1) is 7.86. The van der Waals surface area contributed by atoms with Gasteiger partial charge < -0.3 is 25.5 Å². The summed E-state index contributed by atoms with van der Waals surface area (Å²) in [6.45, 7) is 0.820. The Hall–Kier alpha value is -0.860. The van der Waals surface area contributed by atoms with E-state index in [1.54, 1.807) is 6.92 Å². The van der Waals surface area contributed by atoms with Gasteiger partial charge in [0.25, 0.3) is 0 Å². The van der Waals surface area contributed by atoms with Crippen LogP contribution in [0, 0.1) is 0 Å². The molecule has 4 unspecified atom stereocenters. The van der Waals surface area contributed by atoms with Crippen LogP contribution in [0.15, 0.2) is 0 Å². The normalized spacial score (nSPS) is 18.2. The molecule has 0 aromatic carbocycles. The van der Waals surface area contributed by atoms with Gasteiger partial charge in [-0.2, -0.15) is 0 Å². The third-order valence-corrected chi connectivity index (χ3v) is 2.28. The second-order valence-corrected chi connectivity index (χ2v) is 3.71. The molecule has 0 aromatic heterocycles. The number of ketones is 2. The molecule has 0 aliphatic heterocycles.